The predicted molar refractivity (Wildman–Crippen MR) is 102 cm³/mol. The number of H-pyrrole nitrogens is 1. The van der Waals surface area contributed by atoms with Crippen LogP contribution in [0.5, 0.6) is 11.5 Å². The molecule has 3 rings (SSSR count). The second-order valence-electron chi connectivity index (χ2n) is 6.22. The highest BCUT2D eigenvalue weighted by Crippen LogP contribution is 2.31. The van der Waals surface area contributed by atoms with Gasteiger partial charge in [0.05, 0.1) is 33.1 Å². The summed E-state index contributed by atoms with van der Waals surface area (Å²) in [6, 6.07) is 7.98. The van der Waals surface area contributed by atoms with E-state index in [4.69, 9.17) is 9.47 Å². The molecule has 8 heteroatoms. The van der Waals surface area contributed by atoms with Crippen molar-refractivity contribution in [2.75, 3.05) is 14.2 Å². The summed E-state index contributed by atoms with van der Waals surface area (Å²) in [6.07, 6.45) is 3.23. The first-order chi connectivity index (χ1) is 13.5. The van der Waals surface area contributed by atoms with Gasteiger partial charge in [0.25, 0.3) is 0 Å². The number of nitrogens with zero attached hydrogens (tertiary/aromatic N) is 1. The largest absolute Gasteiger partial charge is 0.497 e. The average molecular weight is 383 g/mol. The molecule has 1 amide bonds. The highest BCUT2D eigenvalue weighted by molar-refractivity contribution is 5.87. The van der Waals surface area contributed by atoms with E-state index in [-0.39, 0.29) is 18.7 Å². The van der Waals surface area contributed by atoms with Crippen molar-refractivity contribution in [2.24, 2.45) is 0 Å². The first-order valence-electron chi connectivity index (χ1n) is 8.66. The summed E-state index contributed by atoms with van der Waals surface area (Å²) < 4.78 is 10.5. The molecule has 0 saturated heterocycles. The quantitative estimate of drug-likeness (QED) is 0.551. The van der Waals surface area contributed by atoms with Gasteiger partial charge >= 0.3 is 5.97 Å². The zero-order valence-electron chi connectivity index (χ0n) is 15.6. The van der Waals surface area contributed by atoms with Gasteiger partial charge in [-0.2, -0.15) is 0 Å². The molecule has 3 N–H and O–H groups in total. The van der Waals surface area contributed by atoms with Crippen LogP contribution in [-0.4, -0.2) is 41.2 Å². The second-order valence-corrected chi connectivity index (χ2v) is 6.22. The van der Waals surface area contributed by atoms with Crippen LogP contribution >= 0.6 is 0 Å². The van der Waals surface area contributed by atoms with E-state index in [9.17, 15) is 14.7 Å². The molecule has 1 atom stereocenters. The van der Waals surface area contributed by atoms with Crippen LogP contribution in [0.3, 0.4) is 0 Å². The molecule has 28 heavy (non-hydrogen) atoms. The van der Waals surface area contributed by atoms with Crippen LogP contribution in [0.25, 0.3) is 11.0 Å². The fourth-order valence-corrected chi connectivity index (χ4v) is 3.10. The van der Waals surface area contributed by atoms with Gasteiger partial charge in [-0.05, 0) is 29.8 Å². The van der Waals surface area contributed by atoms with E-state index in [1.165, 1.54) is 14.2 Å². The lowest BCUT2D eigenvalue weighted by molar-refractivity contribution is -0.137. The molecule has 0 fully saturated rings. The number of hydrogen-bond donors (Lipinski definition) is 3. The third kappa shape index (κ3) is 4.22. The smallest absolute Gasteiger partial charge is 0.305 e. The Hall–Kier alpha value is -3.55. The molecule has 0 aliphatic carbocycles. The molecule has 3 aromatic rings. The predicted octanol–water partition coefficient (Wildman–Crippen LogP) is 2.45. The van der Waals surface area contributed by atoms with Gasteiger partial charge in [0.2, 0.25) is 5.91 Å². The lowest BCUT2D eigenvalue weighted by Gasteiger charge is -2.20. The Bertz CT molecular complexity index is 998. The van der Waals surface area contributed by atoms with Crippen LogP contribution in [0.2, 0.25) is 0 Å². The number of pyridine rings is 1. The zero-order valence-corrected chi connectivity index (χ0v) is 15.6. The van der Waals surface area contributed by atoms with Gasteiger partial charge in [0.1, 0.15) is 17.1 Å². The lowest BCUT2D eigenvalue weighted by atomic mass is 10.0. The van der Waals surface area contributed by atoms with Crippen molar-refractivity contribution in [3.63, 3.8) is 0 Å². The second kappa shape index (κ2) is 8.43. The highest BCUT2D eigenvalue weighted by atomic mass is 16.5. The standard InChI is InChI=1S/C20H21N3O5/c1-27-13-5-6-15(17(9-13)28-2)16(10-19(25)26)23-18(24)8-12-11-22-20-14(12)4-3-7-21-20/h3-7,9,11,16H,8,10H2,1-2H3,(H,21,22)(H,23,24)(H,25,26). The molecule has 8 nitrogen and oxygen atoms in total. The van der Waals surface area contributed by atoms with E-state index in [0.717, 1.165) is 10.9 Å². The van der Waals surface area contributed by atoms with Crippen LogP contribution in [0.4, 0.5) is 0 Å². The van der Waals surface area contributed by atoms with E-state index in [1.54, 1.807) is 36.7 Å². The molecule has 0 radical (unpaired) electrons. The van der Waals surface area contributed by atoms with Crippen molar-refractivity contribution in [1.82, 2.24) is 15.3 Å². The maximum Gasteiger partial charge on any atom is 0.305 e. The summed E-state index contributed by atoms with van der Waals surface area (Å²) in [5.74, 6) is -0.303. The van der Waals surface area contributed by atoms with Gasteiger partial charge in [0, 0.05) is 29.4 Å². The Labute approximate surface area is 161 Å². The van der Waals surface area contributed by atoms with Gasteiger partial charge in [0.15, 0.2) is 0 Å². The normalized spacial score (nSPS) is 11.8. The Morgan fingerprint density at radius 2 is 2.07 bits per heavy atom. The Balaban J connectivity index is 1.82. The molecule has 0 saturated carbocycles. The molecule has 1 unspecified atom stereocenters. The number of carboxylic acids is 1. The minimum atomic E-state index is -1.03. The monoisotopic (exact) mass is 383 g/mol. The average Bonchev–Trinajstić information content (AvgIpc) is 3.09. The Morgan fingerprint density at radius 1 is 1.25 bits per heavy atom. The van der Waals surface area contributed by atoms with Crippen molar-refractivity contribution in [1.29, 1.82) is 0 Å². The third-order valence-corrected chi connectivity index (χ3v) is 4.42. The van der Waals surface area contributed by atoms with Crippen molar-refractivity contribution in [3.05, 3.63) is 53.9 Å². The number of ether oxygens (including phenoxy) is 2. The number of aromatic nitrogens is 2. The van der Waals surface area contributed by atoms with E-state index in [1.807, 2.05) is 6.07 Å². The number of fused-ring (bicyclic) bond motifs is 1. The van der Waals surface area contributed by atoms with Crippen molar-refractivity contribution >= 4 is 22.9 Å². The third-order valence-electron chi connectivity index (χ3n) is 4.42. The highest BCUT2D eigenvalue weighted by Gasteiger charge is 2.22. The van der Waals surface area contributed by atoms with Gasteiger partial charge in [-0.1, -0.05) is 0 Å². The van der Waals surface area contributed by atoms with E-state index in [0.29, 0.717) is 22.7 Å². The van der Waals surface area contributed by atoms with Gasteiger partial charge in [-0.15, -0.1) is 0 Å². The fourth-order valence-electron chi connectivity index (χ4n) is 3.10. The van der Waals surface area contributed by atoms with E-state index < -0.39 is 12.0 Å². The molecule has 0 spiro atoms. The number of amides is 1. The number of aliphatic carboxylic acids is 1. The molecule has 146 valence electrons. The molecular formula is C20H21N3O5. The number of benzene rings is 1. The van der Waals surface area contributed by atoms with Gasteiger partial charge in [-0.25, -0.2) is 4.98 Å². The molecule has 0 aliphatic heterocycles. The van der Waals surface area contributed by atoms with Crippen molar-refractivity contribution < 1.29 is 24.2 Å². The fraction of sp³-hybridized carbons (Fsp3) is 0.250. The van der Waals surface area contributed by atoms with Crippen LogP contribution in [0.1, 0.15) is 23.6 Å². The number of carboxylic acid groups (broad SMARTS) is 1. The molecule has 0 aliphatic rings. The number of carbonyl (C=O) groups excluding carboxylic acids is 1. The number of rotatable bonds is 8. The number of carbonyl (C=O) groups is 2. The molecular weight excluding hydrogens is 362 g/mol. The minimum Gasteiger partial charge on any atom is -0.497 e. The van der Waals surface area contributed by atoms with Crippen LogP contribution < -0.4 is 14.8 Å². The summed E-state index contributed by atoms with van der Waals surface area (Å²) in [7, 11) is 3.01. The molecule has 0 bridgehead atoms. The Kier molecular flexibility index (Phi) is 5.78. The Morgan fingerprint density at radius 3 is 2.79 bits per heavy atom. The summed E-state index contributed by atoms with van der Waals surface area (Å²) in [5, 5.41) is 13.0. The topological polar surface area (TPSA) is 114 Å². The molecule has 1 aromatic carbocycles. The first-order valence-corrected chi connectivity index (χ1v) is 8.66. The van der Waals surface area contributed by atoms with Crippen LogP contribution in [-0.2, 0) is 16.0 Å². The minimum absolute atomic E-state index is 0.0975. The maximum atomic E-state index is 12.6. The van der Waals surface area contributed by atoms with Gasteiger partial charge in [-0.3, -0.25) is 9.59 Å². The zero-order chi connectivity index (χ0) is 20.1. The SMILES string of the molecule is COc1ccc(C(CC(=O)O)NC(=O)Cc2c[nH]c3ncccc23)c(OC)c1. The van der Waals surface area contributed by atoms with Crippen molar-refractivity contribution in [2.45, 2.75) is 18.9 Å². The number of hydrogen-bond acceptors (Lipinski definition) is 5. The summed E-state index contributed by atoms with van der Waals surface area (Å²) in [5.41, 5.74) is 2.06. The lowest BCUT2D eigenvalue weighted by Crippen LogP contribution is -2.31. The van der Waals surface area contributed by atoms with E-state index in [2.05, 4.69) is 15.3 Å². The molecule has 2 heterocycles. The van der Waals surface area contributed by atoms with E-state index >= 15 is 0 Å². The number of nitrogens with one attached hydrogen (secondary N) is 2. The van der Waals surface area contributed by atoms with Crippen LogP contribution in [0.15, 0.2) is 42.7 Å². The van der Waals surface area contributed by atoms with Crippen LogP contribution in [0, 0.1) is 0 Å². The summed E-state index contributed by atoms with van der Waals surface area (Å²) in [4.78, 5) is 31.2. The first kappa shape index (κ1) is 19.2. The van der Waals surface area contributed by atoms with Crippen molar-refractivity contribution in [3.8, 4) is 11.5 Å². The number of aromatic amines is 1. The molecule has 2 aromatic heterocycles. The maximum absolute atomic E-state index is 12.6. The summed E-state index contributed by atoms with van der Waals surface area (Å²) >= 11 is 0. The summed E-state index contributed by atoms with van der Waals surface area (Å²) in [6.45, 7) is 0. The van der Waals surface area contributed by atoms with Gasteiger partial charge < -0.3 is 24.9 Å². The number of methoxy groups -OCH3 is 2.